The number of hydrogen-bond donors (Lipinski definition) is 3. The molecule has 158 valence electrons. The number of methoxy groups -OCH3 is 1. The number of likely N-dealkylation sites (tertiary alicyclic amines) is 1. The van der Waals surface area contributed by atoms with Crippen LogP contribution in [0.4, 0.5) is 10.6 Å². The number of nitrogens with one attached hydrogen (secondary N) is 3. The van der Waals surface area contributed by atoms with Gasteiger partial charge in [0, 0.05) is 38.4 Å². The number of urea groups is 1. The number of carbonyl (C=O) groups excluding carboxylic acids is 1. The summed E-state index contributed by atoms with van der Waals surface area (Å²) >= 11 is 0. The number of amides is 2. The molecule has 2 unspecified atom stereocenters. The molecule has 0 saturated carbocycles. The van der Waals surface area contributed by atoms with Crippen molar-refractivity contribution in [3.05, 3.63) is 48.2 Å². The van der Waals surface area contributed by atoms with Crippen LogP contribution in [0.25, 0.3) is 10.9 Å². The number of aromatic amines is 1. The Bertz CT molecular complexity index is 993. The molecule has 0 bridgehead atoms. The second-order valence-electron chi connectivity index (χ2n) is 7.43. The predicted octanol–water partition coefficient (Wildman–Crippen LogP) is 2.20. The number of hydrogen-bond acceptors (Lipinski definition) is 6. The molecule has 1 aromatic carbocycles. The number of ether oxygens (including phenoxy) is 2. The molecule has 0 aliphatic carbocycles. The first-order chi connectivity index (χ1) is 14.6. The second kappa shape index (κ2) is 9.10. The van der Waals surface area contributed by atoms with Crippen molar-refractivity contribution < 1.29 is 14.3 Å². The molecule has 9 heteroatoms. The van der Waals surface area contributed by atoms with Crippen molar-refractivity contribution >= 4 is 22.8 Å². The standard InChI is InChI=1S/C21H26N6O3/c1-27-12-16(14-6-4-3-5-7-14)18(13-27)23-21(28)24-19-10-17-15(11-22-19)20(26-25-17)30-9-8-29-2/h3-7,10-11,16,18H,8-9,12-13H2,1-2H3,(H,25,26)(H2,22,23,24,28). The maximum atomic E-state index is 12.6. The van der Waals surface area contributed by atoms with Crippen molar-refractivity contribution in [3.8, 4) is 5.88 Å². The Morgan fingerprint density at radius 2 is 2.10 bits per heavy atom. The van der Waals surface area contributed by atoms with Crippen molar-refractivity contribution in [2.45, 2.75) is 12.0 Å². The first-order valence-corrected chi connectivity index (χ1v) is 9.91. The Morgan fingerprint density at radius 1 is 1.27 bits per heavy atom. The highest BCUT2D eigenvalue weighted by atomic mass is 16.5. The van der Waals surface area contributed by atoms with Gasteiger partial charge < -0.3 is 19.7 Å². The summed E-state index contributed by atoms with van der Waals surface area (Å²) in [4.78, 5) is 19.2. The molecule has 0 radical (unpaired) electrons. The largest absolute Gasteiger partial charge is 0.474 e. The maximum Gasteiger partial charge on any atom is 0.320 e. The molecule has 9 nitrogen and oxygen atoms in total. The third-order valence-electron chi connectivity index (χ3n) is 5.23. The van der Waals surface area contributed by atoms with Crippen LogP contribution in [0.1, 0.15) is 11.5 Å². The van der Waals surface area contributed by atoms with E-state index in [4.69, 9.17) is 9.47 Å². The average molecular weight is 410 g/mol. The summed E-state index contributed by atoms with van der Waals surface area (Å²) in [6, 6.07) is 11.8. The van der Waals surface area contributed by atoms with E-state index in [1.54, 1.807) is 19.4 Å². The van der Waals surface area contributed by atoms with Gasteiger partial charge in [0.1, 0.15) is 12.4 Å². The van der Waals surface area contributed by atoms with Gasteiger partial charge in [-0.2, -0.15) is 0 Å². The summed E-state index contributed by atoms with van der Waals surface area (Å²) in [5.41, 5.74) is 1.96. The van der Waals surface area contributed by atoms with Crippen LogP contribution in [-0.4, -0.2) is 72.6 Å². The minimum absolute atomic E-state index is 0.0223. The number of rotatable bonds is 7. The Hall–Kier alpha value is -3.17. The highest BCUT2D eigenvalue weighted by Crippen LogP contribution is 2.27. The van der Waals surface area contributed by atoms with E-state index in [-0.39, 0.29) is 18.0 Å². The Labute approximate surface area is 174 Å². The number of fused-ring (bicyclic) bond motifs is 1. The molecule has 3 N–H and O–H groups in total. The van der Waals surface area contributed by atoms with E-state index >= 15 is 0 Å². The number of carbonyl (C=O) groups is 1. The van der Waals surface area contributed by atoms with E-state index in [1.807, 2.05) is 18.2 Å². The fraction of sp³-hybridized carbons (Fsp3) is 0.381. The number of nitrogens with zero attached hydrogens (tertiary/aromatic N) is 3. The van der Waals surface area contributed by atoms with Gasteiger partial charge in [0.2, 0.25) is 5.88 Å². The topological polar surface area (TPSA) is 104 Å². The number of H-pyrrole nitrogens is 1. The molecule has 1 saturated heterocycles. The molecule has 3 aromatic rings. The van der Waals surface area contributed by atoms with E-state index in [0.717, 1.165) is 24.0 Å². The lowest BCUT2D eigenvalue weighted by molar-refractivity contribution is 0.144. The van der Waals surface area contributed by atoms with E-state index in [0.29, 0.717) is 24.9 Å². The minimum Gasteiger partial charge on any atom is -0.474 e. The summed E-state index contributed by atoms with van der Waals surface area (Å²) in [5.74, 6) is 1.15. The molecule has 2 atom stereocenters. The highest BCUT2D eigenvalue weighted by molar-refractivity contribution is 5.92. The third kappa shape index (κ3) is 4.52. The molecule has 1 fully saturated rings. The molecule has 3 heterocycles. The lowest BCUT2D eigenvalue weighted by Crippen LogP contribution is -2.42. The molecule has 30 heavy (non-hydrogen) atoms. The third-order valence-corrected chi connectivity index (χ3v) is 5.23. The second-order valence-corrected chi connectivity index (χ2v) is 7.43. The predicted molar refractivity (Wildman–Crippen MR) is 114 cm³/mol. The first-order valence-electron chi connectivity index (χ1n) is 9.91. The zero-order valence-electron chi connectivity index (χ0n) is 17.1. The van der Waals surface area contributed by atoms with E-state index in [1.165, 1.54) is 5.56 Å². The Balaban J connectivity index is 1.40. The number of benzene rings is 1. The van der Waals surface area contributed by atoms with Crippen LogP contribution in [0.15, 0.2) is 42.6 Å². The van der Waals surface area contributed by atoms with Gasteiger partial charge in [-0.25, -0.2) is 9.78 Å². The zero-order chi connectivity index (χ0) is 20.9. The number of anilines is 1. The number of aromatic nitrogens is 3. The van der Waals surface area contributed by atoms with Crippen molar-refractivity contribution in [1.29, 1.82) is 0 Å². The van der Waals surface area contributed by atoms with E-state index in [9.17, 15) is 4.79 Å². The summed E-state index contributed by atoms with van der Waals surface area (Å²) in [6.07, 6.45) is 1.63. The fourth-order valence-corrected chi connectivity index (χ4v) is 3.80. The normalized spacial score (nSPS) is 19.1. The molecular formula is C21H26N6O3. The Morgan fingerprint density at radius 3 is 2.90 bits per heavy atom. The van der Waals surface area contributed by atoms with Crippen LogP contribution in [-0.2, 0) is 4.74 Å². The van der Waals surface area contributed by atoms with Crippen molar-refractivity contribution in [2.75, 3.05) is 45.8 Å². The maximum absolute atomic E-state index is 12.6. The minimum atomic E-state index is -0.279. The van der Waals surface area contributed by atoms with Crippen molar-refractivity contribution in [2.24, 2.45) is 0 Å². The summed E-state index contributed by atoms with van der Waals surface area (Å²) in [7, 11) is 3.68. The average Bonchev–Trinajstić information content (AvgIpc) is 3.31. The molecule has 2 aromatic heterocycles. The van der Waals surface area contributed by atoms with Crippen LogP contribution >= 0.6 is 0 Å². The van der Waals surface area contributed by atoms with Crippen molar-refractivity contribution in [1.82, 2.24) is 25.4 Å². The molecule has 2 amide bonds. The molecule has 4 rings (SSSR count). The Kier molecular flexibility index (Phi) is 6.10. The first kappa shape index (κ1) is 20.1. The van der Waals surface area contributed by atoms with Gasteiger partial charge in [-0.1, -0.05) is 30.3 Å². The van der Waals surface area contributed by atoms with E-state index in [2.05, 4.69) is 49.9 Å². The lowest BCUT2D eigenvalue weighted by atomic mass is 9.94. The highest BCUT2D eigenvalue weighted by Gasteiger charge is 2.33. The monoisotopic (exact) mass is 410 g/mol. The lowest BCUT2D eigenvalue weighted by Gasteiger charge is -2.20. The van der Waals surface area contributed by atoms with Crippen LogP contribution in [0.5, 0.6) is 5.88 Å². The number of likely N-dealkylation sites (N-methyl/N-ethyl adjacent to an activating group) is 1. The van der Waals surface area contributed by atoms with Crippen LogP contribution in [0, 0.1) is 0 Å². The van der Waals surface area contributed by atoms with Gasteiger partial charge in [0.25, 0.3) is 0 Å². The van der Waals surface area contributed by atoms with Crippen LogP contribution in [0.3, 0.4) is 0 Å². The summed E-state index contributed by atoms with van der Waals surface area (Å²) in [5, 5.41) is 13.7. The smallest absolute Gasteiger partial charge is 0.320 e. The molecular weight excluding hydrogens is 384 g/mol. The summed E-state index contributed by atoms with van der Waals surface area (Å²) < 4.78 is 10.5. The molecule has 0 spiro atoms. The molecule has 1 aliphatic heterocycles. The summed E-state index contributed by atoms with van der Waals surface area (Å²) in [6.45, 7) is 2.57. The quantitative estimate of drug-likeness (QED) is 0.516. The molecule has 1 aliphatic rings. The SMILES string of the molecule is COCCOc1n[nH]c2cc(NC(=O)NC3CN(C)CC3c3ccccc3)ncc12. The zero-order valence-corrected chi connectivity index (χ0v) is 17.1. The van der Waals surface area contributed by atoms with Gasteiger partial charge in [0.15, 0.2) is 0 Å². The van der Waals surface area contributed by atoms with Gasteiger partial charge in [-0.3, -0.25) is 10.4 Å². The van der Waals surface area contributed by atoms with Crippen LogP contribution < -0.4 is 15.4 Å². The van der Waals surface area contributed by atoms with Gasteiger partial charge in [-0.15, -0.1) is 5.10 Å². The van der Waals surface area contributed by atoms with E-state index < -0.39 is 0 Å². The van der Waals surface area contributed by atoms with Gasteiger partial charge >= 0.3 is 6.03 Å². The van der Waals surface area contributed by atoms with Crippen LogP contribution in [0.2, 0.25) is 0 Å². The van der Waals surface area contributed by atoms with Gasteiger partial charge in [0.05, 0.1) is 23.6 Å². The van der Waals surface area contributed by atoms with Crippen molar-refractivity contribution in [3.63, 3.8) is 0 Å². The number of pyridine rings is 1. The van der Waals surface area contributed by atoms with Gasteiger partial charge in [-0.05, 0) is 12.6 Å². The fourth-order valence-electron chi connectivity index (χ4n) is 3.80.